The summed E-state index contributed by atoms with van der Waals surface area (Å²) in [6, 6.07) is 7.46. The molecule has 0 bridgehead atoms. The van der Waals surface area contributed by atoms with Gasteiger partial charge in [-0.3, -0.25) is 19.7 Å². The fraction of sp³-hybridized carbons (Fsp3) is 0.385. The maximum absolute atomic E-state index is 11.9. The number of ether oxygens (including phenoxy) is 3. The Kier molecular flexibility index (Phi) is 10.1. The van der Waals surface area contributed by atoms with E-state index >= 15 is 0 Å². The van der Waals surface area contributed by atoms with Crippen molar-refractivity contribution >= 4 is 28.9 Å². The van der Waals surface area contributed by atoms with E-state index in [1.807, 2.05) is 52.0 Å². The number of hydrogen-bond donors (Lipinski definition) is 1. The predicted molar refractivity (Wildman–Crippen MR) is 135 cm³/mol. The van der Waals surface area contributed by atoms with Gasteiger partial charge in [-0.25, -0.2) is 0 Å². The molecular formula is C26H27N2O8ReRfS-. The largest absolute Gasteiger partial charge is 0.505 e. The first-order valence-corrected chi connectivity index (χ1v) is 12.6. The topological polar surface area (TPSA) is 130 Å². The van der Waals surface area contributed by atoms with Crippen LogP contribution in [-0.4, -0.2) is 34.6 Å². The molecule has 2 unspecified atom stereocenters. The number of amides is 2. The van der Waals surface area contributed by atoms with E-state index in [9.17, 15) is 19.3 Å². The van der Waals surface area contributed by atoms with E-state index in [4.69, 9.17) is 14.2 Å². The van der Waals surface area contributed by atoms with Crippen LogP contribution in [0.5, 0.6) is 17.2 Å². The second-order valence-electron chi connectivity index (χ2n) is 9.30. The molecule has 1 fully saturated rings. The SMILES string of the molecule is Cc1c(C)c2c(c(C)c1OC(=O)[CH-]ON=O)CCC(C)(COc1ccc(CC3SC(=O)NC3=O)cc1)O2.[Re].[Rf]. The summed E-state index contributed by atoms with van der Waals surface area (Å²) in [5, 5.41) is 3.75. The van der Waals surface area contributed by atoms with Gasteiger partial charge in [-0.2, -0.15) is 0 Å². The first-order chi connectivity index (χ1) is 17.6. The van der Waals surface area contributed by atoms with Gasteiger partial charge in [0.15, 0.2) is 0 Å². The summed E-state index contributed by atoms with van der Waals surface area (Å²) in [6.07, 6.45) is 1.84. The Labute approximate surface area is 238 Å². The summed E-state index contributed by atoms with van der Waals surface area (Å²) in [4.78, 5) is 49.3. The molecule has 2 aromatic carbocycles. The molecule has 10 nitrogen and oxygen atoms in total. The van der Waals surface area contributed by atoms with Crippen molar-refractivity contribution < 1.29 is 53.9 Å². The molecule has 2 amide bonds. The van der Waals surface area contributed by atoms with Crippen LogP contribution in [0.1, 0.15) is 41.2 Å². The van der Waals surface area contributed by atoms with E-state index < -0.39 is 16.8 Å². The summed E-state index contributed by atoms with van der Waals surface area (Å²) >= 11 is 1.01. The quantitative estimate of drug-likeness (QED) is 0.128. The third-order valence-electron chi connectivity index (χ3n) is 6.61. The zero-order valence-electron chi connectivity index (χ0n) is 22.0. The number of thioether (sulfide) groups is 1. The monoisotopic (exact) mass is 981 g/mol. The molecule has 0 spiro atoms. The summed E-state index contributed by atoms with van der Waals surface area (Å²) in [5.74, 6) is 0.748. The second-order valence-corrected chi connectivity index (χ2v) is 10.5. The van der Waals surface area contributed by atoms with Gasteiger partial charge in [-0.05, 0) is 81.3 Å². The van der Waals surface area contributed by atoms with Gasteiger partial charge >= 0.3 is 0 Å². The minimum atomic E-state index is -0.829. The molecular weight excluding hydrogens is 954 g/mol. The van der Waals surface area contributed by atoms with E-state index in [0.717, 1.165) is 45.3 Å². The molecule has 2 heterocycles. The van der Waals surface area contributed by atoms with Crippen LogP contribution in [0.2, 0.25) is 0 Å². The van der Waals surface area contributed by atoms with Crippen LogP contribution in [-0.2, 0) is 47.7 Å². The van der Waals surface area contributed by atoms with Gasteiger partial charge in [0, 0.05) is 26.0 Å². The second kappa shape index (κ2) is 12.7. The maximum atomic E-state index is 11.9. The molecule has 2 aliphatic rings. The van der Waals surface area contributed by atoms with Gasteiger partial charge in [-0.15, -0.1) is 4.91 Å². The number of esters is 1. The third-order valence-corrected chi connectivity index (χ3v) is 7.59. The van der Waals surface area contributed by atoms with Crippen molar-refractivity contribution in [1.82, 2.24) is 5.32 Å². The van der Waals surface area contributed by atoms with Crippen LogP contribution < -0.4 is 19.5 Å². The van der Waals surface area contributed by atoms with Crippen LogP contribution in [0.4, 0.5) is 4.79 Å². The van der Waals surface area contributed by atoms with Crippen molar-refractivity contribution in [3.05, 3.63) is 63.6 Å². The molecule has 1 saturated heterocycles. The Hall–Kier alpha value is -4.07. The average Bonchev–Trinajstić information content (AvgIpc) is 3.19. The molecule has 2 aliphatic heterocycles. The van der Waals surface area contributed by atoms with Crippen LogP contribution in [0, 0.1) is 32.3 Å². The Bertz CT molecular complexity index is 1260. The molecule has 0 aliphatic carbocycles. The van der Waals surface area contributed by atoms with Gasteiger partial charge in [0.05, 0.1) is 5.25 Å². The predicted octanol–water partition coefficient (Wildman–Crippen LogP) is 4.43. The number of hydrogen-bond acceptors (Lipinski definition) is 10. The Morgan fingerprint density at radius 3 is 2.49 bits per heavy atom. The number of rotatable bonds is 9. The van der Waals surface area contributed by atoms with Crippen molar-refractivity contribution in [1.29, 1.82) is 0 Å². The molecule has 205 valence electrons. The number of benzene rings is 2. The van der Waals surface area contributed by atoms with Gasteiger partial charge in [-0.1, -0.05) is 30.5 Å². The van der Waals surface area contributed by atoms with Crippen LogP contribution >= 0.6 is 11.8 Å². The molecule has 0 saturated carbocycles. The zero-order chi connectivity index (χ0) is 26.7. The van der Waals surface area contributed by atoms with Crippen molar-refractivity contribution in [3.8, 4) is 17.2 Å². The van der Waals surface area contributed by atoms with Crippen LogP contribution in [0.15, 0.2) is 29.6 Å². The van der Waals surface area contributed by atoms with E-state index in [1.165, 1.54) is 0 Å². The summed E-state index contributed by atoms with van der Waals surface area (Å²) in [5.41, 5.74) is 3.69. The minimum absolute atomic E-state index is 0. The van der Waals surface area contributed by atoms with Crippen molar-refractivity contribution in [2.75, 3.05) is 6.61 Å². The van der Waals surface area contributed by atoms with E-state index in [1.54, 1.807) is 0 Å². The molecule has 0 aromatic heterocycles. The first-order valence-electron chi connectivity index (χ1n) is 11.7. The van der Waals surface area contributed by atoms with Gasteiger partial charge < -0.3 is 19.0 Å². The smallest absolute Gasteiger partial charge is 0.286 e. The van der Waals surface area contributed by atoms with Gasteiger partial charge in [0.1, 0.15) is 34.8 Å². The molecule has 2 aromatic rings. The first kappa shape index (κ1) is 31.2. The molecule has 1 N–H and O–H groups in total. The Morgan fingerprint density at radius 1 is 1.18 bits per heavy atom. The number of nitrogens with one attached hydrogen (secondary N) is 1. The van der Waals surface area contributed by atoms with E-state index in [2.05, 4.69) is 15.5 Å². The van der Waals surface area contributed by atoms with Crippen molar-refractivity contribution in [2.45, 2.75) is 57.8 Å². The Morgan fingerprint density at radius 2 is 1.87 bits per heavy atom. The van der Waals surface area contributed by atoms with Crippen LogP contribution in [0.25, 0.3) is 0 Å². The van der Waals surface area contributed by atoms with Crippen LogP contribution in [0.3, 0.4) is 0 Å². The average molecular weight is 981 g/mol. The molecule has 2 atom stereocenters. The van der Waals surface area contributed by atoms with Crippen molar-refractivity contribution in [3.63, 3.8) is 0 Å². The normalized spacial score (nSPS) is 19.3. The Balaban J connectivity index is 0.00000267. The maximum Gasteiger partial charge on any atom is 0.286 e. The fourth-order valence-corrected chi connectivity index (χ4v) is 5.28. The number of carbonyl (C=O) groups is 3. The van der Waals surface area contributed by atoms with Gasteiger partial charge in [0.2, 0.25) is 11.9 Å². The van der Waals surface area contributed by atoms with Crippen molar-refractivity contribution in [2.24, 2.45) is 5.34 Å². The zero-order valence-corrected chi connectivity index (χ0v) is 31.9. The molecule has 1 radical (unpaired) electrons. The standard InChI is InChI=1S/C26H27N2O8S.Re.Rf/c1-14-15(2)23-19(16(3)22(14)35-21(29)12-34-28-32)9-10-26(4,36-23)13-33-18-7-5-17(6-8-18)11-20-24(30)27-25(31)37-20;;/h5-8,12,20H,9-11,13H2,1-4H3,(H,27,30,31);;/q-1;;. The summed E-state index contributed by atoms with van der Waals surface area (Å²) < 4.78 is 17.9. The molecule has 13 heteroatoms. The number of imide groups is 1. The number of fused-ring (bicyclic) bond motifs is 1. The number of nitrogens with zero attached hydrogens (tertiary/aromatic N) is 1. The third kappa shape index (κ3) is 6.88. The minimum Gasteiger partial charge on any atom is -0.505 e. The molecule has 4 rings (SSSR count). The van der Waals surface area contributed by atoms with Gasteiger partial charge in [0.25, 0.3) is 5.24 Å². The van der Waals surface area contributed by atoms with E-state index in [0.29, 0.717) is 44.0 Å². The summed E-state index contributed by atoms with van der Waals surface area (Å²) in [6.45, 7) is 8.53. The van der Waals surface area contributed by atoms with E-state index in [-0.39, 0.29) is 31.6 Å². The summed E-state index contributed by atoms with van der Waals surface area (Å²) in [7, 11) is 0. The molecule has 39 heavy (non-hydrogen) atoms. The fourth-order valence-electron chi connectivity index (χ4n) is 4.42. The number of carbonyl (C=O) groups excluding carboxylic acids is 3.